The zero-order valence-electron chi connectivity index (χ0n) is 31.3. The van der Waals surface area contributed by atoms with Gasteiger partial charge in [0, 0.05) is 111 Å². The number of methoxy groups -OCH3 is 1. The molecule has 2 saturated heterocycles. The summed E-state index contributed by atoms with van der Waals surface area (Å²) >= 11 is 14.0. The van der Waals surface area contributed by atoms with E-state index in [-0.39, 0.29) is 23.4 Å². The molecule has 2 aliphatic heterocycles. The molecule has 2 spiro atoms. The minimum absolute atomic E-state index is 0.153. The summed E-state index contributed by atoms with van der Waals surface area (Å²) in [6.45, 7) is 8.06. The fraction of sp³-hybridized carbons (Fsp3) is 0.405. The van der Waals surface area contributed by atoms with Gasteiger partial charge >= 0.3 is 0 Å². The number of anilines is 1. The Kier molecular flexibility index (Phi) is 10.1. The number of nitrogens with zero attached hydrogens (tertiary/aromatic N) is 4. The molecular formula is C42H45Cl2N7O4. The molecule has 0 unspecified atom stereocenters. The number of hydrogen-bond acceptors (Lipinski definition) is 8. The summed E-state index contributed by atoms with van der Waals surface area (Å²) in [6, 6.07) is 17.7. The van der Waals surface area contributed by atoms with Gasteiger partial charge in [0.1, 0.15) is 11.4 Å². The minimum atomic E-state index is -0.373. The lowest BCUT2D eigenvalue weighted by Crippen LogP contribution is -2.66. The maximum absolute atomic E-state index is 13.3. The number of carbonyl (C=O) groups is 3. The molecule has 0 radical (unpaired) electrons. The topological polar surface area (TPSA) is 129 Å². The molecule has 3 amide bonds. The van der Waals surface area contributed by atoms with Crippen molar-refractivity contribution in [2.45, 2.75) is 64.7 Å². The lowest BCUT2D eigenvalue weighted by Gasteiger charge is -2.59. The van der Waals surface area contributed by atoms with Gasteiger partial charge in [0.2, 0.25) is 11.8 Å². The molecule has 2 aromatic carbocycles. The highest BCUT2D eigenvalue weighted by molar-refractivity contribution is 6.39. The van der Waals surface area contributed by atoms with Gasteiger partial charge < -0.3 is 30.5 Å². The van der Waals surface area contributed by atoms with E-state index >= 15 is 0 Å². The fourth-order valence-corrected chi connectivity index (χ4v) is 9.44. The highest BCUT2D eigenvalue weighted by Gasteiger charge is 2.53. The Hall–Kier alpha value is -4.55. The third-order valence-corrected chi connectivity index (χ3v) is 12.7. The zero-order valence-corrected chi connectivity index (χ0v) is 32.8. The molecule has 0 bridgehead atoms. The predicted octanol–water partition coefficient (Wildman–Crippen LogP) is 6.58. The van der Waals surface area contributed by atoms with Crippen molar-refractivity contribution >= 4 is 46.6 Å². The van der Waals surface area contributed by atoms with Gasteiger partial charge in [0.15, 0.2) is 0 Å². The number of rotatable bonds is 11. The number of ether oxygens (including phenoxy) is 1. The number of pyridine rings is 2. The first-order valence-corrected chi connectivity index (χ1v) is 19.5. The minimum Gasteiger partial charge on any atom is -0.496 e. The highest BCUT2D eigenvalue weighted by atomic mass is 35.5. The van der Waals surface area contributed by atoms with Crippen molar-refractivity contribution in [2.24, 2.45) is 10.8 Å². The van der Waals surface area contributed by atoms with E-state index in [1.807, 2.05) is 52.3 Å². The van der Waals surface area contributed by atoms with Crippen LogP contribution in [-0.2, 0) is 22.7 Å². The summed E-state index contributed by atoms with van der Waals surface area (Å²) in [5.74, 6) is 0.670. The molecule has 2 saturated carbocycles. The number of halogens is 2. The third-order valence-electron chi connectivity index (χ3n) is 11.9. The van der Waals surface area contributed by atoms with Crippen LogP contribution in [0.4, 0.5) is 5.69 Å². The molecule has 4 heterocycles. The molecule has 286 valence electrons. The van der Waals surface area contributed by atoms with Gasteiger partial charge in [0.25, 0.3) is 5.91 Å². The summed E-state index contributed by atoms with van der Waals surface area (Å²) in [7, 11) is 1.66. The lowest BCUT2D eigenvalue weighted by molar-refractivity contribution is -0.150. The van der Waals surface area contributed by atoms with Crippen LogP contribution in [0.25, 0.3) is 22.4 Å². The average molecular weight is 783 g/mol. The van der Waals surface area contributed by atoms with Crippen LogP contribution in [0.1, 0.15) is 61.1 Å². The Bertz CT molecular complexity index is 2130. The number of carbonyl (C=O) groups excluding carboxylic acids is 3. The van der Waals surface area contributed by atoms with Crippen LogP contribution in [0.3, 0.4) is 0 Å². The second-order valence-corrected chi connectivity index (χ2v) is 16.7. The standard InChI is InChI=1S/C42H45Cl2N7O4/c1-25(52)50-21-41(22-50)14-30(15-41)46-18-27-7-10-35(48-19-27)40(54)49-34-6-4-5-32(37(34)43)33-11-12-45-39(38(33)44)28-8-9-29(36(13-28)55-3)20-47-31-16-42(17-31)23-51(24-42)26(2)53/h4-13,19,30-31,46-47H,14-18,20-24H2,1-3H3,(H,49,54). The van der Waals surface area contributed by atoms with Crippen LogP contribution in [0.5, 0.6) is 5.75 Å². The van der Waals surface area contributed by atoms with Crippen molar-refractivity contribution in [3.8, 4) is 28.1 Å². The SMILES string of the molecule is COc1cc(-c2nccc(-c3cccc(NC(=O)c4ccc(CNC5CC6(C5)CN(C(C)=O)C6)cn4)c3Cl)c2Cl)ccc1CNC1CC2(C1)CN(C(C)=O)C2. The molecular weight excluding hydrogens is 737 g/mol. The van der Waals surface area contributed by atoms with Crippen LogP contribution in [-0.4, -0.2) is 82.9 Å². The van der Waals surface area contributed by atoms with Crippen molar-refractivity contribution in [3.05, 3.63) is 93.9 Å². The Morgan fingerprint density at radius 3 is 2.04 bits per heavy atom. The van der Waals surface area contributed by atoms with Gasteiger partial charge in [-0.2, -0.15) is 0 Å². The molecule has 8 rings (SSSR count). The second kappa shape index (κ2) is 14.8. The third kappa shape index (κ3) is 7.43. The Morgan fingerprint density at radius 2 is 1.44 bits per heavy atom. The molecule has 4 fully saturated rings. The van der Waals surface area contributed by atoms with E-state index in [2.05, 4.69) is 25.9 Å². The van der Waals surface area contributed by atoms with Crippen molar-refractivity contribution < 1.29 is 19.1 Å². The van der Waals surface area contributed by atoms with E-state index in [4.69, 9.17) is 27.9 Å². The zero-order chi connectivity index (χ0) is 38.5. The fourth-order valence-electron chi connectivity index (χ4n) is 8.84. The maximum atomic E-state index is 13.3. The van der Waals surface area contributed by atoms with E-state index < -0.39 is 0 Å². The number of nitrogens with one attached hydrogen (secondary N) is 3. The number of benzene rings is 2. The van der Waals surface area contributed by atoms with Crippen molar-refractivity contribution in [1.82, 2.24) is 30.4 Å². The Balaban J connectivity index is 0.881. The number of amides is 3. The van der Waals surface area contributed by atoms with Crippen LogP contribution < -0.4 is 20.7 Å². The summed E-state index contributed by atoms with van der Waals surface area (Å²) in [6.07, 6.45) is 7.70. The maximum Gasteiger partial charge on any atom is 0.274 e. The van der Waals surface area contributed by atoms with Gasteiger partial charge in [-0.1, -0.05) is 53.5 Å². The predicted molar refractivity (Wildman–Crippen MR) is 213 cm³/mol. The van der Waals surface area contributed by atoms with Crippen LogP contribution in [0.15, 0.2) is 67.0 Å². The van der Waals surface area contributed by atoms with Crippen LogP contribution in [0.2, 0.25) is 10.0 Å². The summed E-state index contributed by atoms with van der Waals surface area (Å²) in [5.41, 5.74) is 6.04. The van der Waals surface area contributed by atoms with E-state index in [1.165, 1.54) is 0 Å². The Morgan fingerprint density at radius 1 is 0.800 bits per heavy atom. The van der Waals surface area contributed by atoms with Crippen LogP contribution in [0, 0.1) is 10.8 Å². The molecule has 4 aliphatic rings. The summed E-state index contributed by atoms with van der Waals surface area (Å²) in [4.78, 5) is 49.2. The first-order valence-electron chi connectivity index (χ1n) is 18.8. The number of likely N-dealkylation sites (tertiary alicyclic amines) is 2. The molecule has 11 nitrogen and oxygen atoms in total. The number of aromatic nitrogens is 2. The van der Waals surface area contributed by atoms with Gasteiger partial charge in [0.05, 0.1) is 28.5 Å². The first kappa shape index (κ1) is 37.4. The summed E-state index contributed by atoms with van der Waals surface area (Å²) < 4.78 is 5.79. The van der Waals surface area contributed by atoms with Crippen molar-refractivity contribution in [1.29, 1.82) is 0 Å². The van der Waals surface area contributed by atoms with Gasteiger partial charge in [-0.05, 0) is 55.5 Å². The van der Waals surface area contributed by atoms with E-state index in [9.17, 15) is 14.4 Å². The monoisotopic (exact) mass is 781 g/mol. The summed E-state index contributed by atoms with van der Waals surface area (Å²) in [5, 5.41) is 10.9. The smallest absolute Gasteiger partial charge is 0.274 e. The average Bonchev–Trinajstić information content (AvgIpc) is 3.10. The van der Waals surface area contributed by atoms with Crippen molar-refractivity contribution in [2.75, 3.05) is 38.6 Å². The molecule has 4 aromatic rings. The molecule has 2 aromatic heterocycles. The number of hydrogen-bond donors (Lipinski definition) is 3. The van der Waals surface area contributed by atoms with E-state index in [0.29, 0.717) is 68.6 Å². The van der Waals surface area contributed by atoms with Crippen LogP contribution >= 0.6 is 23.2 Å². The van der Waals surface area contributed by atoms with Gasteiger partial charge in [-0.25, -0.2) is 0 Å². The second-order valence-electron chi connectivity index (χ2n) is 15.9. The van der Waals surface area contributed by atoms with E-state index in [0.717, 1.165) is 74.3 Å². The van der Waals surface area contributed by atoms with Gasteiger partial charge in [-0.3, -0.25) is 24.4 Å². The normalized spacial score (nSPS) is 19.3. The molecule has 2 aliphatic carbocycles. The van der Waals surface area contributed by atoms with E-state index in [1.54, 1.807) is 45.5 Å². The Labute approximate surface area is 331 Å². The highest BCUT2D eigenvalue weighted by Crippen LogP contribution is 2.49. The van der Waals surface area contributed by atoms with Gasteiger partial charge in [-0.15, -0.1) is 0 Å². The van der Waals surface area contributed by atoms with Crippen molar-refractivity contribution in [3.63, 3.8) is 0 Å². The largest absolute Gasteiger partial charge is 0.496 e. The quantitative estimate of drug-likeness (QED) is 0.156. The molecule has 3 N–H and O–H groups in total. The first-order chi connectivity index (χ1) is 26.4. The molecule has 0 atom stereocenters. The molecule has 13 heteroatoms. The molecule has 55 heavy (non-hydrogen) atoms. The lowest BCUT2D eigenvalue weighted by atomic mass is 9.60.